The maximum atomic E-state index is 12.6. The lowest BCUT2D eigenvalue weighted by atomic mass is 10.1. The monoisotopic (exact) mass is 371 g/mol. The summed E-state index contributed by atoms with van der Waals surface area (Å²) in [6.07, 6.45) is 0. The summed E-state index contributed by atoms with van der Waals surface area (Å²) in [5.74, 6) is 0.0665. The van der Waals surface area contributed by atoms with Crippen molar-refractivity contribution >= 4 is 34.3 Å². The fourth-order valence-corrected chi connectivity index (χ4v) is 4.35. The summed E-state index contributed by atoms with van der Waals surface area (Å²) < 4.78 is 0. The molecule has 130 valence electrons. The number of carbonyl (C=O) groups is 1. The summed E-state index contributed by atoms with van der Waals surface area (Å²) in [5, 5.41) is 7.27. The molecule has 3 nitrogen and oxygen atoms in total. The lowest BCUT2D eigenvalue weighted by molar-refractivity contribution is -0.918. The molecule has 0 spiro atoms. The summed E-state index contributed by atoms with van der Waals surface area (Å²) in [4.78, 5) is 16.5. The minimum atomic E-state index is 0.0665. The summed E-state index contributed by atoms with van der Waals surface area (Å²) in [5.41, 5.74) is 3.16. The van der Waals surface area contributed by atoms with Crippen LogP contribution in [0.2, 0.25) is 0 Å². The number of hydrogen-bond donors (Lipinski definition) is 2. The number of aryl methyl sites for hydroxylation is 2. The lowest BCUT2D eigenvalue weighted by Crippen LogP contribution is -3.10. The minimum absolute atomic E-state index is 0.0665. The van der Waals surface area contributed by atoms with Gasteiger partial charge in [0.1, 0.15) is 13.1 Å². The SMILES string of the molecule is Cc1ccc(C)c(NC(=O)C[NH+](Cc2cccs2)Cc2cccs2)c1. The van der Waals surface area contributed by atoms with Crippen LogP contribution in [0.25, 0.3) is 0 Å². The number of thiophene rings is 2. The standard InChI is InChI=1S/C20H22N2OS2/c1-15-7-8-16(2)19(11-15)21-20(23)14-22(12-17-5-3-9-24-17)13-18-6-4-10-25-18/h3-11H,12-14H2,1-2H3,(H,21,23)/p+1. The molecular weight excluding hydrogens is 348 g/mol. The molecule has 0 saturated heterocycles. The maximum absolute atomic E-state index is 12.6. The van der Waals surface area contributed by atoms with Crippen LogP contribution in [0, 0.1) is 13.8 Å². The Labute approximate surface area is 156 Å². The molecule has 1 aromatic carbocycles. The second kappa shape index (κ2) is 8.43. The second-order valence-electron chi connectivity index (χ2n) is 6.31. The van der Waals surface area contributed by atoms with Gasteiger partial charge in [-0.25, -0.2) is 0 Å². The quantitative estimate of drug-likeness (QED) is 0.653. The third kappa shape index (κ3) is 5.26. The molecule has 5 heteroatoms. The Bertz CT molecular complexity index is 774. The molecule has 2 N–H and O–H groups in total. The van der Waals surface area contributed by atoms with Crippen LogP contribution in [0.5, 0.6) is 0 Å². The van der Waals surface area contributed by atoms with Crippen molar-refractivity contribution in [3.8, 4) is 0 Å². The molecule has 3 aromatic rings. The van der Waals surface area contributed by atoms with Crippen LogP contribution in [0.3, 0.4) is 0 Å². The molecule has 2 heterocycles. The highest BCUT2D eigenvalue weighted by atomic mass is 32.1. The predicted octanol–water partition coefficient (Wildman–Crippen LogP) is 3.65. The number of amides is 1. The van der Waals surface area contributed by atoms with Gasteiger partial charge in [0, 0.05) is 5.69 Å². The van der Waals surface area contributed by atoms with Gasteiger partial charge in [-0.15, -0.1) is 22.7 Å². The number of anilines is 1. The van der Waals surface area contributed by atoms with Gasteiger partial charge < -0.3 is 10.2 Å². The van der Waals surface area contributed by atoms with E-state index in [4.69, 9.17) is 0 Å². The maximum Gasteiger partial charge on any atom is 0.279 e. The number of carbonyl (C=O) groups excluding carboxylic acids is 1. The fourth-order valence-electron chi connectivity index (χ4n) is 2.80. The number of quaternary nitrogens is 1. The van der Waals surface area contributed by atoms with Gasteiger partial charge in [0.15, 0.2) is 6.54 Å². The molecule has 0 aliphatic rings. The molecule has 2 aromatic heterocycles. The molecule has 0 bridgehead atoms. The van der Waals surface area contributed by atoms with Crippen LogP contribution in [-0.2, 0) is 17.9 Å². The molecule has 0 aliphatic carbocycles. The molecule has 0 unspecified atom stereocenters. The van der Waals surface area contributed by atoms with Gasteiger partial charge in [-0.1, -0.05) is 24.3 Å². The summed E-state index contributed by atoms with van der Waals surface area (Å²) in [7, 11) is 0. The van der Waals surface area contributed by atoms with E-state index in [1.54, 1.807) is 22.7 Å². The zero-order chi connectivity index (χ0) is 17.6. The Kier molecular flexibility index (Phi) is 6.02. The Morgan fingerprint density at radius 1 is 1.00 bits per heavy atom. The van der Waals surface area contributed by atoms with Crippen LogP contribution in [0.15, 0.2) is 53.2 Å². The molecular formula is C20H23N2OS2+. The van der Waals surface area contributed by atoms with Crippen molar-refractivity contribution in [1.29, 1.82) is 0 Å². The molecule has 3 rings (SSSR count). The van der Waals surface area contributed by atoms with Crippen molar-refractivity contribution in [1.82, 2.24) is 0 Å². The van der Waals surface area contributed by atoms with Crippen molar-refractivity contribution in [2.45, 2.75) is 26.9 Å². The summed E-state index contributed by atoms with van der Waals surface area (Å²) in [6, 6.07) is 14.6. The largest absolute Gasteiger partial charge is 0.321 e. The number of benzene rings is 1. The zero-order valence-electron chi connectivity index (χ0n) is 14.5. The number of rotatable bonds is 7. The Morgan fingerprint density at radius 2 is 1.64 bits per heavy atom. The highest BCUT2D eigenvalue weighted by Gasteiger charge is 2.17. The third-order valence-electron chi connectivity index (χ3n) is 4.09. The average Bonchev–Trinajstić information content (AvgIpc) is 3.25. The van der Waals surface area contributed by atoms with Gasteiger partial charge in [-0.05, 0) is 53.9 Å². The Hall–Kier alpha value is -1.95. The molecule has 0 saturated carbocycles. The number of nitrogens with one attached hydrogen (secondary N) is 2. The molecule has 0 radical (unpaired) electrons. The average molecular weight is 372 g/mol. The first kappa shape index (κ1) is 17.9. The van der Waals surface area contributed by atoms with Crippen molar-refractivity contribution in [2.24, 2.45) is 0 Å². The minimum Gasteiger partial charge on any atom is -0.321 e. The molecule has 0 fully saturated rings. The molecule has 0 atom stereocenters. The van der Waals surface area contributed by atoms with E-state index in [0.717, 1.165) is 29.9 Å². The van der Waals surface area contributed by atoms with Crippen LogP contribution in [-0.4, -0.2) is 12.5 Å². The lowest BCUT2D eigenvalue weighted by Gasteiger charge is -2.18. The van der Waals surface area contributed by atoms with Crippen molar-refractivity contribution < 1.29 is 9.69 Å². The van der Waals surface area contributed by atoms with E-state index in [1.807, 2.05) is 26.0 Å². The smallest absolute Gasteiger partial charge is 0.279 e. The van der Waals surface area contributed by atoms with E-state index in [9.17, 15) is 4.79 Å². The number of hydrogen-bond acceptors (Lipinski definition) is 3. The van der Waals surface area contributed by atoms with E-state index in [0.29, 0.717) is 6.54 Å². The van der Waals surface area contributed by atoms with E-state index in [2.05, 4.69) is 46.4 Å². The fraction of sp³-hybridized carbons (Fsp3) is 0.250. The second-order valence-corrected chi connectivity index (χ2v) is 8.37. The Morgan fingerprint density at radius 3 is 2.20 bits per heavy atom. The highest BCUT2D eigenvalue weighted by Crippen LogP contribution is 2.16. The van der Waals surface area contributed by atoms with Crippen molar-refractivity contribution in [2.75, 3.05) is 11.9 Å². The Balaban J connectivity index is 1.67. The van der Waals surface area contributed by atoms with E-state index in [1.165, 1.54) is 14.7 Å². The molecule has 0 aliphatic heterocycles. The first-order valence-electron chi connectivity index (χ1n) is 8.35. The van der Waals surface area contributed by atoms with E-state index in [-0.39, 0.29) is 5.91 Å². The first-order chi connectivity index (χ1) is 12.1. The third-order valence-corrected chi connectivity index (χ3v) is 5.84. The van der Waals surface area contributed by atoms with Crippen molar-refractivity contribution in [3.05, 3.63) is 74.1 Å². The van der Waals surface area contributed by atoms with Gasteiger partial charge in [0.05, 0.1) is 9.75 Å². The summed E-state index contributed by atoms with van der Waals surface area (Å²) in [6.45, 7) is 6.27. The van der Waals surface area contributed by atoms with Gasteiger partial charge in [0.2, 0.25) is 0 Å². The van der Waals surface area contributed by atoms with Gasteiger partial charge in [-0.3, -0.25) is 4.79 Å². The normalized spacial score (nSPS) is 11.0. The van der Waals surface area contributed by atoms with Crippen molar-refractivity contribution in [3.63, 3.8) is 0 Å². The highest BCUT2D eigenvalue weighted by molar-refractivity contribution is 7.10. The first-order valence-corrected chi connectivity index (χ1v) is 10.1. The van der Waals surface area contributed by atoms with Gasteiger partial charge in [-0.2, -0.15) is 0 Å². The van der Waals surface area contributed by atoms with E-state index >= 15 is 0 Å². The van der Waals surface area contributed by atoms with Gasteiger partial charge in [0.25, 0.3) is 5.91 Å². The topological polar surface area (TPSA) is 33.5 Å². The zero-order valence-corrected chi connectivity index (χ0v) is 16.2. The molecule has 1 amide bonds. The van der Waals surface area contributed by atoms with Crippen LogP contribution in [0.1, 0.15) is 20.9 Å². The van der Waals surface area contributed by atoms with Crippen LogP contribution >= 0.6 is 22.7 Å². The predicted molar refractivity (Wildman–Crippen MR) is 106 cm³/mol. The summed E-state index contributed by atoms with van der Waals surface area (Å²) >= 11 is 3.50. The van der Waals surface area contributed by atoms with Crippen LogP contribution < -0.4 is 10.2 Å². The van der Waals surface area contributed by atoms with Gasteiger partial charge >= 0.3 is 0 Å². The van der Waals surface area contributed by atoms with Crippen LogP contribution in [0.4, 0.5) is 5.69 Å². The van der Waals surface area contributed by atoms with E-state index < -0.39 is 0 Å². The molecule has 25 heavy (non-hydrogen) atoms.